The topological polar surface area (TPSA) is 41.6 Å². The van der Waals surface area contributed by atoms with Crippen molar-refractivity contribution in [1.29, 1.82) is 5.26 Å². The van der Waals surface area contributed by atoms with Crippen LogP contribution in [0.5, 0.6) is 0 Å². The number of alkyl halides is 1. The van der Waals surface area contributed by atoms with Crippen molar-refractivity contribution in [2.75, 3.05) is 5.33 Å². The Hall–Kier alpha value is -0.820. The van der Waals surface area contributed by atoms with Crippen LogP contribution < -0.4 is 0 Å². The van der Waals surface area contributed by atoms with E-state index in [2.05, 4.69) is 33.9 Å². The minimum absolute atomic E-state index is 0.507. The zero-order valence-electron chi connectivity index (χ0n) is 8.28. The summed E-state index contributed by atoms with van der Waals surface area (Å²) in [6.45, 7) is 3.05. The van der Waals surface area contributed by atoms with Crippen LogP contribution in [0, 0.1) is 17.2 Å². The molecular formula is C10H14BrN3. The first-order chi connectivity index (χ1) is 6.81. The second-order valence-corrected chi connectivity index (χ2v) is 3.97. The van der Waals surface area contributed by atoms with Gasteiger partial charge in [0, 0.05) is 24.3 Å². The minimum Gasteiger partial charge on any atom is -0.322 e. The van der Waals surface area contributed by atoms with Crippen molar-refractivity contribution in [2.45, 2.75) is 26.3 Å². The van der Waals surface area contributed by atoms with Crippen molar-refractivity contribution >= 4 is 15.9 Å². The highest BCUT2D eigenvalue weighted by atomic mass is 79.9. The maximum absolute atomic E-state index is 8.78. The van der Waals surface area contributed by atoms with Gasteiger partial charge in [-0.1, -0.05) is 29.3 Å². The predicted octanol–water partition coefficient (Wildman–Crippen LogP) is 2.57. The third-order valence-electron chi connectivity index (χ3n) is 2.19. The third-order valence-corrected chi connectivity index (χ3v) is 3.10. The molecule has 0 N–H and O–H groups in total. The Morgan fingerprint density at radius 2 is 2.50 bits per heavy atom. The Balaban J connectivity index is 2.62. The SMILES string of the molecule is CCCC(CBr)Cn1ccnc1C#N. The zero-order chi connectivity index (χ0) is 10.4. The summed E-state index contributed by atoms with van der Waals surface area (Å²) in [5.41, 5.74) is 0. The van der Waals surface area contributed by atoms with Gasteiger partial charge in [-0.3, -0.25) is 0 Å². The highest BCUT2D eigenvalue weighted by Crippen LogP contribution is 2.13. The van der Waals surface area contributed by atoms with Gasteiger partial charge < -0.3 is 4.57 Å². The van der Waals surface area contributed by atoms with Gasteiger partial charge >= 0.3 is 0 Å². The number of halogens is 1. The molecule has 1 unspecified atom stereocenters. The van der Waals surface area contributed by atoms with Gasteiger partial charge in [0.1, 0.15) is 6.07 Å². The summed E-state index contributed by atoms with van der Waals surface area (Å²) in [5.74, 6) is 1.09. The van der Waals surface area contributed by atoms with Crippen LogP contribution in [-0.4, -0.2) is 14.9 Å². The molecule has 76 valence electrons. The van der Waals surface area contributed by atoms with Crippen molar-refractivity contribution in [2.24, 2.45) is 5.92 Å². The van der Waals surface area contributed by atoms with Crippen LogP contribution in [0.15, 0.2) is 12.4 Å². The lowest BCUT2D eigenvalue weighted by molar-refractivity contribution is 0.453. The zero-order valence-corrected chi connectivity index (χ0v) is 9.87. The second-order valence-electron chi connectivity index (χ2n) is 3.32. The van der Waals surface area contributed by atoms with E-state index in [-0.39, 0.29) is 0 Å². The van der Waals surface area contributed by atoms with Crippen molar-refractivity contribution in [3.05, 3.63) is 18.2 Å². The molecule has 0 radical (unpaired) electrons. The predicted molar refractivity (Wildman–Crippen MR) is 59.1 cm³/mol. The number of imidazole rings is 1. The highest BCUT2D eigenvalue weighted by Gasteiger charge is 2.09. The molecule has 0 spiro atoms. The van der Waals surface area contributed by atoms with Crippen molar-refractivity contribution in [1.82, 2.24) is 9.55 Å². The maximum Gasteiger partial charge on any atom is 0.212 e. The summed E-state index contributed by atoms with van der Waals surface area (Å²) in [4.78, 5) is 3.97. The summed E-state index contributed by atoms with van der Waals surface area (Å²) in [7, 11) is 0. The Labute approximate surface area is 92.9 Å². The fourth-order valence-electron chi connectivity index (χ4n) is 1.47. The van der Waals surface area contributed by atoms with E-state index in [0.29, 0.717) is 11.7 Å². The summed E-state index contributed by atoms with van der Waals surface area (Å²) >= 11 is 3.49. The van der Waals surface area contributed by atoms with E-state index in [0.717, 1.165) is 11.9 Å². The molecule has 0 aliphatic rings. The summed E-state index contributed by atoms with van der Waals surface area (Å²) < 4.78 is 1.92. The number of hydrogen-bond acceptors (Lipinski definition) is 2. The Kier molecular flexibility index (Phi) is 4.68. The fourth-order valence-corrected chi connectivity index (χ4v) is 2.00. The van der Waals surface area contributed by atoms with Crippen molar-refractivity contribution in [3.63, 3.8) is 0 Å². The van der Waals surface area contributed by atoms with Gasteiger partial charge in [-0.25, -0.2) is 4.98 Å². The molecule has 1 heterocycles. The van der Waals surface area contributed by atoms with Gasteiger partial charge in [0.25, 0.3) is 0 Å². The lowest BCUT2D eigenvalue weighted by atomic mass is 10.1. The first-order valence-electron chi connectivity index (χ1n) is 4.79. The molecule has 0 aliphatic heterocycles. The van der Waals surface area contributed by atoms with Gasteiger partial charge in [-0.15, -0.1) is 0 Å². The Morgan fingerprint density at radius 3 is 3.07 bits per heavy atom. The van der Waals surface area contributed by atoms with Crippen LogP contribution in [-0.2, 0) is 6.54 Å². The fraction of sp³-hybridized carbons (Fsp3) is 0.600. The first-order valence-corrected chi connectivity index (χ1v) is 5.91. The van der Waals surface area contributed by atoms with Crippen LogP contribution >= 0.6 is 15.9 Å². The molecule has 0 saturated carbocycles. The molecule has 0 saturated heterocycles. The van der Waals surface area contributed by atoms with E-state index >= 15 is 0 Å². The van der Waals surface area contributed by atoms with Gasteiger partial charge in [-0.05, 0) is 12.3 Å². The maximum atomic E-state index is 8.78. The smallest absolute Gasteiger partial charge is 0.212 e. The number of aromatic nitrogens is 2. The number of nitrogens with zero attached hydrogens (tertiary/aromatic N) is 3. The Morgan fingerprint density at radius 1 is 1.71 bits per heavy atom. The molecule has 0 bridgehead atoms. The average Bonchev–Trinajstić information content (AvgIpc) is 2.64. The van der Waals surface area contributed by atoms with E-state index in [1.54, 1.807) is 6.20 Å². The molecule has 1 aromatic rings. The summed E-state index contributed by atoms with van der Waals surface area (Å²) in [6.07, 6.45) is 5.89. The molecule has 0 fully saturated rings. The molecule has 0 aliphatic carbocycles. The average molecular weight is 256 g/mol. The van der Waals surface area contributed by atoms with E-state index < -0.39 is 0 Å². The Bertz CT molecular complexity index is 313. The van der Waals surface area contributed by atoms with Crippen molar-refractivity contribution in [3.8, 4) is 6.07 Å². The molecule has 1 aromatic heterocycles. The van der Waals surface area contributed by atoms with E-state index in [9.17, 15) is 0 Å². The number of hydrogen-bond donors (Lipinski definition) is 0. The summed E-state index contributed by atoms with van der Waals surface area (Å²) in [6, 6.07) is 2.08. The van der Waals surface area contributed by atoms with Gasteiger partial charge in [0.05, 0.1) is 0 Å². The van der Waals surface area contributed by atoms with E-state index in [1.807, 2.05) is 10.8 Å². The molecule has 0 aromatic carbocycles. The molecule has 3 nitrogen and oxygen atoms in total. The minimum atomic E-state index is 0.507. The highest BCUT2D eigenvalue weighted by molar-refractivity contribution is 9.09. The standard InChI is InChI=1S/C10H14BrN3/c1-2-3-9(6-11)8-14-5-4-13-10(14)7-12/h4-5,9H,2-3,6,8H2,1H3. The summed E-state index contributed by atoms with van der Waals surface area (Å²) in [5, 5.41) is 9.75. The van der Waals surface area contributed by atoms with E-state index in [4.69, 9.17) is 5.26 Å². The lowest BCUT2D eigenvalue weighted by Gasteiger charge is -2.13. The first kappa shape index (κ1) is 11.3. The van der Waals surface area contributed by atoms with Crippen LogP contribution in [0.3, 0.4) is 0 Å². The monoisotopic (exact) mass is 255 g/mol. The molecule has 14 heavy (non-hydrogen) atoms. The molecule has 4 heteroatoms. The van der Waals surface area contributed by atoms with Crippen molar-refractivity contribution < 1.29 is 0 Å². The second kappa shape index (κ2) is 5.82. The van der Waals surface area contributed by atoms with E-state index in [1.165, 1.54) is 12.8 Å². The van der Waals surface area contributed by atoms with Crippen LogP contribution in [0.1, 0.15) is 25.6 Å². The molecule has 1 atom stereocenters. The third kappa shape index (κ3) is 2.85. The normalized spacial score (nSPS) is 12.4. The number of rotatable bonds is 5. The molecule has 1 rings (SSSR count). The molecule has 0 amide bonds. The molecular weight excluding hydrogens is 242 g/mol. The van der Waals surface area contributed by atoms with Gasteiger partial charge in [0.15, 0.2) is 0 Å². The number of nitriles is 1. The quantitative estimate of drug-likeness (QED) is 0.760. The van der Waals surface area contributed by atoms with Crippen LogP contribution in [0.25, 0.3) is 0 Å². The van der Waals surface area contributed by atoms with Gasteiger partial charge in [0.2, 0.25) is 5.82 Å². The van der Waals surface area contributed by atoms with Crippen LogP contribution in [0.4, 0.5) is 0 Å². The lowest BCUT2D eigenvalue weighted by Crippen LogP contribution is -2.12. The largest absolute Gasteiger partial charge is 0.322 e. The van der Waals surface area contributed by atoms with Crippen LogP contribution in [0.2, 0.25) is 0 Å². The van der Waals surface area contributed by atoms with Gasteiger partial charge in [-0.2, -0.15) is 5.26 Å².